The minimum absolute atomic E-state index is 0.156. The van der Waals surface area contributed by atoms with Crippen molar-refractivity contribution in [2.24, 2.45) is 11.8 Å². The summed E-state index contributed by atoms with van der Waals surface area (Å²) in [5.74, 6) is -1.88. The molecule has 1 fully saturated rings. The number of nitrogens with one attached hydrogen (secondary N) is 1. The minimum atomic E-state index is -0.877. The number of aliphatic carboxylic acids is 1. The van der Waals surface area contributed by atoms with Crippen LogP contribution in [0.15, 0.2) is 24.3 Å². The van der Waals surface area contributed by atoms with Gasteiger partial charge < -0.3 is 15.3 Å². The fourth-order valence-corrected chi connectivity index (χ4v) is 2.30. The maximum atomic E-state index is 11.8. The molecule has 0 spiro atoms. The van der Waals surface area contributed by atoms with Gasteiger partial charge in [-0.05, 0) is 31.6 Å². The molecule has 1 aromatic rings. The molecule has 108 valence electrons. The lowest BCUT2D eigenvalue weighted by atomic mass is 10.1. The molecular formula is C15H20N2O3. The van der Waals surface area contributed by atoms with Crippen LogP contribution in [0.4, 0.5) is 0 Å². The Hall–Kier alpha value is -1.88. The second-order valence-corrected chi connectivity index (χ2v) is 5.51. The summed E-state index contributed by atoms with van der Waals surface area (Å²) < 4.78 is 0. The average Bonchev–Trinajstić information content (AvgIpc) is 3.17. The van der Waals surface area contributed by atoms with Gasteiger partial charge in [0.25, 0.3) is 0 Å². The Labute approximate surface area is 118 Å². The molecule has 0 saturated heterocycles. The van der Waals surface area contributed by atoms with Crippen molar-refractivity contribution in [3.8, 4) is 0 Å². The lowest BCUT2D eigenvalue weighted by Crippen LogP contribution is -2.26. The molecule has 0 aliphatic heterocycles. The highest BCUT2D eigenvalue weighted by Gasteiger charge is 2.48. The number of hydrogen-bond donors (Lipinski definition) is 2. The first kappa shape index (κ1) is 14.5. The fraction of sp³-hybridized carbons (Fsp3) is 0.467. The van der Waals surface area contributed by atoms with E-state index in [1.54, 1.807) is 0 Å². The van der Waals surface area contributed by atoms with E-state index in [1.165, 1.54) is 5.56 Å². The first-order valence-electron chi connectivity index (χ1n) is 6.71. The monoisotopic (exact) mass is 276 g/mol. The number of carboxylic acid groups (broad SMARTS) is 1. The van der Waals surface area contributed by atoms with Gasteiger partial charge in [0.2, 0.25) is 5.91 Å². The minimum Gasteiger partial charge on any atom is -0.481 e. The van der Waals surface area contributed by atoms with E-state index < -0.39 is 11.9 Å². The molecule has 5 nitrogen and oxygen atoms in total. The van der Waals surface area contributed by atoms with E-state index in [1.807, 2.05) is 38.4 Å². The quantitative estimate of drug-likeness (QED) is 0.816. The zero-order chi connectivity index (χ0) is 14.7. The van der Waals surface area contributed by atoms with Gasteiger partial charge in [0.15, 0.2) is 0 Å². The second-order valence-electron chi connectivity index (χ2n) is 5.51. The van der Waals surface area contributed by atoms with Crippen LogP contribution in [0.3, 0.4) is 0 Å². The topological polar surface area (TPSA) is 69.6 Å². The highest BCUT2D eigenvalue weighted by atomic mass is 16.4. The Morgan fingerprint density at radius 2 is 1.90 bits per heavy atom. The van der Waals surface area contributed by atoms with Gasteiger partial charge in [0, 0.05) is 13.1 Å². The number of rotatable bonds is 6. The first-order valence-corrected chi connectivity index (χ1v) is 6.71. The van der Waals surface area contributed by atoms with E-state index in [0.717, 1.165) is 12.1 Å². The predicted molar refractivity (Wildman–Crippen MR) is 74.9 cm³/mol. The number of carbonyl (C=O) groups is 2. The Morgan fingerprint density at radius 3 is 2.45 bits per heavy atom. The Balaban J connectivity index is 1.91. The van der Waals surface area contributed by atoms with E-state index >= 15 is 0 Å². The van der Waals surface area contributed by atoms with E-state index in [9.17, 15) is 9.59 Å². The highest BCUT2D eigenvalue weighted by Crippen LogP contribution is 2.38. The van der Waals surface area contributed by atoms with Crippen LogP contribution >= 0.6 is 0 Å². The van der Waals surface area contributed by atoms with E-state index in [0.29, 0.717) is 13.0 Å². The molecule has 5 heteroatoms. The van der Waals surface area contributed by atoms with Crippen molar-refractivity contribution in [3.63, 3.8) is 0 Å². The van der Waals surface area contributed by atoms with Crippen molar-refractivity contribution in [2.45, 2.75) is 19.5 Å². The molecule has 0 bridgehead atoms. The van der Waals surface area contributed by atoms with Gasteiger partial charge in [-0.25, -0.2) is 0 Å². The maximum absolute atomic E-state index is 11.8. The van der Waals surface area contributed by atoms with Crippen molar-refractivity contribution < 1.29 is 14.7 Å². The summed E-state index contributed by atoms with van der Waals surface area (Å²) in [5, 5.41) is 11.7. The molecular weight excluding hydrogens is 256 g/mol. The number of benzene rings is 1. The van der Waals surface area contributed by atoms with Gasteiger partial charge in [0.05, 0.1) is 11.8 Å². The highest BCUT2D eigenvalue weighted by molar-refractivity contribution is 5.89. The Morgan fingerprint density at radius 1 is 1.25 bits per heavy atom. The molecule has 1 aromatic carbocycles. The smallest absolute Gasteiger partial charge is 0.307 e. The fourth-order valence-electron chi connectivity index (χ4n) is 2.30. The van der Waals surface area contributed by atoms with Crippen molar-refractivity contribution in [3.05, 3.63) is 35.4 Å². The standard InChI is InChI=1S/C15H20N2O3/c1-17(2)9-11-6-4-3-5-10(11)8-16-14(18)12-7-13(12)15(19)20/h3-6,12-13H,7-9H2,1-2H3,(H,16,18)(H,19,20)/t12-,13+/m1/s1. The molecule has 0 aromatic heterocycles. The third-order valence-corrected chi connectivity index (χ3v) is 3.50. The summed E-state index contributed by atoms with van der Waals surface area (Å²) in [6.07, 6.45) is 0.459. The third kappa shape index (κ3) is 3.57. The number of carboxylic acids is 1. The average molecular weight is 276 g/mol. The third-order valence-electron chi connectivity index (χ3n) is 3.50. The molecule has 1 saturated carbocycles. The molecule has 2 atom stereocenters. The molecule has 20 heavy (non-hydrogen) atoms. The van der Waals surface area contributed by atoms with Crippen LogP contribution in [-0.4, -0.2) is 36.0 Å². The normalized spacial score (nSPS) is 20.8. The molecule has 0 radical (unpaired) electrons. The van der Waals surface area contributed by atoms with Gasteiger partial charge in [-0.2, -0.15) is 0 Å². The van der Waals surface area contributed by atoms with Gasteiger partial charge in [0.1, 0.15) is 0 Å². The largest absolute Gasteiger partial charge is 0.481 e. The number of hydrogen-bond acceptors (Lipinski definition) is 3. The van der Waals surface area contributed by atoms with Crippen LogP contribution in [-0.2, 0) is 22.7 Å². The van der Waals surface area contributed by atoms with Gasteiger partial charge >= 0.3 is 5.97 Å². The summed E-state index contributed by atoms with van der Waals surface area (Å²) in [7, 11) is 3.99. The maximum Gasteiger partial charge on any atom is 0.307 e. The van der Waals surface area contributed by atoms with Crippen molar-refractivity contribution in [2.75, 3.05) is 14.1 Å². The van der Waals surface area contributed by atoms with E-state index in [2.05, 4.69) is 10.2 Å². The second kappa shape index (κ2) is 6.05. The zero-order valence-electron chi connectivity index (χ0n) is 11.8. The summed E-state index contributed by atoms with van der Waals surface area (Å²) in [4.78, 5) is 24.7. The molecule has 2 N–H and O–H groups in total. The number of carbonyl (C=O) groups excluding carboxylic acids is 1. The molecule has 0 heterocycles. The van der Waals surface area contributed by atoms with Crippen LogP contribution < -0.4 is 5.32 Å². The summed E-state index contributed by atoms with van der Waals surface area (Å²) in [5.41, 5.74) is 2.24. The van der Waals surface area contributed by atoms with Crippen molar-refractivity contribution in [1.29, 1.82) is 0 Å². The summed E-state index contributed by atoms with van der Waals surface area (Å²) >= 11 is 0. The molecule has 1 aliphatic rings. The van der Waals surface area contributed by atoms with Gasteiger partial charge in [-0.1, -0.05) is 24.3 Å². The summed E-state index contributed by atoms with van der Waals surface area (Å²) in [6, 6.07) is 7.95. The van der Waals surface area contributed by atoms with Crippen LogP contribution in [0.1, 0.15) is 17.5 Å². The Bertz CT molecular complexity index is 514. The molecule has 2 rings (SSSR count). The zero-order valence-corrected chi connectivity index (χ0v) is 11.8. The number of amides is 1. The lowest BCUT2D eigenvalue weighted by Gasteiger charge is -2.14. The van der Waals surface area contributed by atoms with Crippen LogP contribution in [0, 0.1) is 11.8 Å². The van der Waals surface area contributed by atoms with Crippen molar-refractivity contribution in [1.82, 2.24) is 10.2 Å². The number of nitrogens with zero attached hydrogens (tertiary/aromatic N) is 1. The lowest BCUT2D eigenvalue weighted by molar-refractivity contribution is -0.140. The van der Waals surface area contributed by atoms with Crippen LogP contribution in [0.5, 0.6) is 0 Å². The predicted octanol–water partition coefficient (Wildman–Crippen LogP) is 1.09. The van der Waals surface area contributed by atoms with Crippen molar-refractivity contribution >= 4 is 11.9 Å². The Kier molecular flexibility index (Phi) is 4.39. The van der Waals surface area contributed by atoms with Gasteiger partial charge in [-0.15, -0.1) is 0 Å². The van der Waals surface area contributed by atoms with Crippen LogP contribution in [0.25, 0.3) is 0 Å². The van der Waals surface area contributed by atoms with Gasteiger partial charge in [-0.3, -0.25) is 9.59 Å². The molecule has 0 unspecified atom stereocenters. The van der Waals surface area contributed by atoms with Crippen LogP contribution in [0.2, 0.25) is 0 Å². The molecule has 1 aliphatic carbocycles. The van der Waals surface area contributed by atoms with E-state index in [4.69, 9.17) is 5.11 Å². The SMILES string of the molecule is CN(C)Cc1ccccc1CNC(=O)[C@@H]1C[C@@H]1C(=O)O. The summed E-state index contributed by atoms with van der Waals surface area (Å²) in [6.45, 7) is 1.26. The first-order chi connectivity index (χ1) is 9.49. The molecule has 1 amide bonds. The van der Waals surface area contributed by atoms with E-state index in [-0.39, 0.29) is 11.8 Å².